The molecule has 40 heavy (non-hydrogen) atoms. The Balaban J connectivity index is 0.00000118. The number of anilines is 2. The summed E-state index contributed by atoms with van der Waals surface area (Å²) in [5.41, 5.74) is 4.11. The first kappa shape index (κ1) is 28.2. The Labute approximate surface area is 225 Å². The number of aromatic amines is 1. The van der Waals surface area contributed by atoms with Crippen molar-refractivity contribution in [1.82, 2.24) is 34.9 Å². The van der Waals surface area contributed by atoms with Gasteiger partial charge in [-0.3, -0.25) is 14.5 Å². The minimum Gasteiger partial charge on any atom is -0.483 e. The van der Waals surface area contributed by atoms with E-state index in [2.05, 4.69) is 30.7 Å². The molecular formula is C26H25F3N8O3. The summed E-state index contributed by atoms with van der Waals surface area (Å²) in [6.45, 7) is 2.50. The molecule has 0 unspecified atom stereocenters. The second-order valence-electron chi connectivity index (χ2n) is 8.72. The van der Waals surface area contributed by atoms with Gasteiger partial charge < -0.3 is 15.5 Å². The van der Waals surface area contributed by atoms with Crippen molar-refractivity contribution in [3.05, 3.63) is 71.9 Å². The Hall–Kier alpha value is -4.85. The van der Waals surface area contributed by atoms with E-state index in [1.54, 1.807) is 23.0 Å². The zero-order valence-electron chi connectivity index (χ0n) is 21.4. The van der Waals surface area contributed by atoms with Gasteiger partial charge in [-0.2, -0.15) is 23.4 Å². The van der Waals surface area contributed by atoms with E-state index in [9.17, 15) is 18.3 Å². The van der Waals surface area contributed by atoms with Crippen LogP contribution in [0.3, 0.4) is 0 Å². The van der Waals surface area contributed by atoms with E-state index in [1.165, 1.54) is 6.20 Å². The standard InChI is InChI=1S/C25H23F3N8O.CH2O2/c1-14-3-7-21(34-33-14)31-17-5-6-20-19(11-17)29-13-36(20)22-8-4-16(9-10-37)24(32-22)18-12-30-35-23(18)15(2)25(26,27)28;2-1-3/h3-8,11-13,15,37H,9-10H2,1-2H3,(H,30,35)(H,31,34);1H,(H,2,3)/t15-;/m0./s1. The number of hydrogen-bond acceptors (Lipinski definition) is 8. The van der Waals surface area contributed by atoms with E-state index in [0.29, 0.717) is 28.4 Å². The highest BCUT2D eigenvalue weighted by Gasteiger charge is 2.39. The van der Waals surface area contributed by atoms with E-state index in [4.69, 9.17) is 14.9 Å². The van der Waals surface area contributed by atoms with Crippen molar-refractivity contribution in [1.29, 1.82) is 0 Å². The number of fused-ring (bicyclic) bond motifs is 1. The lowest BCUT2D eigenvalue weighted by molar-refractivity contribution is -0.147. The molecule has 1 atom stereocenters. The molecule has 208 valence electrons. The van der Waals surface area contributed by atoms with Gasteiger partial charge in [-0.1, -0.05) is 6.07 Å². The van der Waals surface area contributed by atoms with Gasteiger partial charge in [0.05, 0.1) is 40.2 Å². The molecule has 0 bridgehead atoms. The first-order valence-corrected chi connectivity index (χ1v) is 12.0. The molecule has 11 nitrogen and oxygen atoms in total. The smallest absolute Gasteiger partial charge is 0.396 e. The Kier molecular flexibility index (Phi) is 8.38. The summed E-state index contributed by atoms with van der Waals surface area (Å²) in [6.07, 6.45) is -1.28. The average molecular weight is 555 g/mol. The van der Waals surface area contributed by atoms with Crippen LogP contribution >= 0.6 is 0 Å². The second kappa shape index (κ2) is 11.9. The number of carbonyl (C=O) groups is 1. The van der Waals surface area contributed by atoms with Crippen molar-refractivity contribution >= 4 is 29.0 Å². The Bertz CT molecular complexity index is 1600. The van der Waals surface area contributed by atoms with E-state index in [0.717, 1.165) is 23.8 Å². The van der Waals surface area contributed by atoms with Crippen LogP contribution in [-0.4, -0.2) is 64.4 Å². The number of alkyl halides is 3. The van der Waals surface area contributed by atoms with Crippen LogP contribution < -0.4 is 5.32 Å². The minimum atomic E-state index is -4.45. The first-order valence-electron chi connectivity index (χ1n) is 12.0. The van der Waals surface area contributed by atoms with Crippen molar-refractivity contribution in [3.8, 4) is 17.1 Å². The fourth-order valence-corrected chi connectivity index (χ4v) is 4.03. The third-order valence-corrected chi connectivity index (χ3v) is 6.06. The Morgan fingerprint density at radius 1 is 1.15 bits per heavy atom. The van der Waals surface area contributed by atoms with E-state index < -0.39 is 12.1 Å². The summed E-state index contributed by atoms with van der Waals surface area (Å²) < 4.78 is 42.2. The number of hydrogen-bond donors (Lipinski definition) is 4. The topological polar surface area (TPSA) is 155 Å². The van der Waals surface area contributed by atoms with Gasteiger partial charge >= 0.3 is 6.18 Å². The summed E-state index contributed by atoms with van der Waals surface area (Å²) in [6, 6.07) is 12.8. The molecule has 0 fully saturated rings. The lowest BCUT2D eigenvalue weighted by Crippen LogP contribution is -2.19. The van der Waals surface area contributed by atoms with Gasteiger partial charge in [0.2, 0.25) is 0 Å². The molecule has 4 aromatic heterocycles. The highest BCUT2D eigenvalue weighted by atomic mass is 19.4. The van der Waals surface area contributed by atoms with Gasteiger partial charge in [-0.05, 0) is 62.2 Å². The third-order valence-electron chi connectivity index (χ3n) is 6.06. The highest BCUT2D eigenvalue weighted by molar-refractivity contribution is 5.82. The number of rotatable bonds is 7. The lowest BCUT2D eigenvalue weighted by Gasteiger charge is -2.17. The van der Waals surface area contributed by atoms with Crippen LogP contribution in [0.25, 0.3) is 28.1 Å². The number of aliphatic hydroxyl groups is 1. The molecule has 0 saturated heterocycles. The van der Waals surface area contributed by atoms with Crippen LogP contribution in [0.4, 0.5) is 24.7 Å². The number of pyridine rings is 1. The highest BCUT2D eigenvalue weighted by Crippen LogP contribution is 2.38. The molecular weight excluding hydrogens is 529 g/mol. The largest absolute Gasteiger partial charge is 0.483 e. The monoisotopic (exact) mass is 554 g/mol. The van der Waals surface area contributed by atoms with Crippen LogP contribution in [0.1, 0.15) is 29.8 Å². The van der Waals surface area contributed by atoms with Crippen LogP contribution in [0, 0.1) is 6.92 Å². The minimum absolute atomic E-state index is 0.0817. The molecule has 14 heteroatoms. The van der Waals surface area contributed by atoms with Crippen LogP contribution in [0.5, 0.6) is 0 Å². The zero-order chi connectivity index (χ0) is 28.9. The predicted octanol–water partition coefficient (Wildman–Crippen LogP) is 4.55. The molecule has 0 aliphatic rings. The van der Waals surface area contributed by atoms with Crippen LogP contribution in [0.15, 0.2) is 55.0 Å². The summed E-state index contributed by atoms with van der Waals surface area (Å²) >= 11 is 0. The quantitative estimate of drug-likeness (QED) is 0.212. The van der Waals surface area contributed by atoms with Gasteiger partial charge in [0, 0.05) is 17.9 Å². The van der Waals surface area contributed by atoms with Crippen molar-refractivity contribution in [3.63, 3.8) is 0 Å². The number of nitrogens with one attached hydrogen (secondary N) is 2. The summed E-state index contributed by atoms with van der Waals surface area (Å²) in [5, 5.41) is 34.1. The number of halogens is 3. The molecule has 0 radical (unpaired) electrons. The van der Waals surface area contributed by atoms with Gasteiger partial charge in [0.15, 0.2) is 5.82 Å². The van der Waals surface area contributed by atoms with Gasteiger partial charge in [0.1, 0.15) is 12.1 Å². The molecule has 4 heterocycles. The molecule has 0 spiro atoms. The number of carboxylic acid groups (broad SMARTS) is 1. The number of aryl methyl sites for hydroxylation is 1. The molecule has 0 aliphatic heterocycles. The predicted molar refractivity (Wildman–Crippen MR) is 140 cm³/mol. The van der Waals surface area contributed by atoms with E-state index in [-0.39, 0.29) is 30.8 Å². The van der Waals surface area contributed by atoms with E-state index in [1.807, 2.05) is 37.3 Å². The summed E-state index contributed by atoms with van der Waals surface area (Å²) in [4.78, 5) is 17.5. The number of H-pyrrole nitrogens is 1. The zero-order valence-corrected chi connectivity index (χ0v) is 21.4. The van der Waals surface area contributed by atoms with Gasteiger partial charge in [-0.25, -0.2) is 9.97 Å². The van der Waals surface area contributed by atoms with Gasteiger partial charge in [-0.15, -0.1) is 5.10 Å². The maximum Gasteiger partial charge on any atom is 0.396 e. The van der Waals surface area contributed by atoms with Gasteiger partial charge in [0.25, 0.3) is 6.47 Å². The average Bonchev–Trinajstić information content (AvgIpc) is 3.57. The lowest BCUT2D eigenvalue weighted by atomic mass is 9.98. The molecule has 1 aromatic carbocycles. The fourth-order valence-electron chi connectivity index (χ4n) is 4.03. The number of nitrogens with zero attached hydrogens (tertiary/aromatic N) is 6. The molecule has 0 aliphatic carbocycles. The normalized spacial score (nSPS) is 12.1. The van der Waals surface area contributed by atoms with Crippen molar-refractivity contribution in [2.45, 2.75) is 32.4 Å². The maximum absolute atomic E-state index is 13.5. The molecule has 0 saturated carbocycles. The van der Waals surface area contributed by atoms with Crippen LogP contribution in [-0.2, 0) is 11.2 Å². The Morgan fingerprint density at radius 2 is 1.93 bits per heavy atom. The SMILES string of the molecule is Cc1ccc(Nc2ccc3c(c2)ncn3-c2ccc(CCO)c(-c3cn[nH]c3[C@H](C)C(F)(F)F)n2)nn1.O=CO. The van der Waals surface area contributed by atoms with E-state index >= 15 is 0 Å². The maximum atomic E-state index is 13.5. The molecule has 4 N–H and O–H groups in total. The van der Waals surface area contributed by atoms with Crippen molar-refractivity contribution in [2.24, 2.45) is 0 Å². The number of benzene rings is 1. The second-order valence-corrected chi connectivity index (χ2v) is 8.72. The first-order chi connectivity index (χ1) is 19.2. The summed E-state index contributed by atoms with van der Waals surface area (Å²) in [7, 11) is 0. The molecule has 5 rings (SSSR count). The number of aliphatic hydroxyl groups excluding tert-OH is 1. The Morgan fingerprint density at radius 3 is 2.60 bits per heavy atom. The molecule has 5 aromatic rings. The number of aromatic nitrogens is 7. The van der Waals surface area contributed by atoms with Crippen molar-refractivity contribution in [2.75, 3.05) is 11.9 Å². The third kappa shape index (κ3) is 6.07. The van der Waals surface area contributed by atoms with Crippen molar-refractivity contribution < 1.29 is 28.2 Å². The summed E-state index contributed by atoms with van der Waals surface area (Å²) in [5.74, 6) is -0.703. The number of imidazole rings is 1. The fraction of sp³-hybridized carbons (Fsp3) is 0.231. The van der Waals surface area contributed by atoms with Crippen LogP contribution in [0.2, 0.25) is 0 Å². The molecule has 0 amide bonds.